The normalized spacial score (nSPS) is 15.3. The van der Waals surface area contributed by atoms with Gasteiger partial charge in [0.25, 0.3) is 0 Å². The molecule has 10 nitrogen and oxygen atoms in total. The number of carboxylic acid groups (broad SMARTS) is 1. The zero-order valence-corrected chi connectivity index (χ0v) is 16.8. The third-order valence-electron chi connectivity index (χ3n) is 5.20. The van der Waals surface area contributed by atoms with Crippen LogP contribution in [0.4, 0.5) is 5.69 Å². The first-order valence-corrected chi connectivity index (χ1v) is 9.69. The van der Waals surface area contributed by atoms with E-state index in [1.165, 1.54) is 15.9 Å². The Labute approximate surface area is 177 Å². The fourth-order valence-corrected chi connectivity index (χ4v) is 3.66. The Kier molecular flexibility index (Phi) is 5.44. The van der Waals surface area contributed by atoms with E-state index in [0.29, 0.717) is 11.4 Å². The lowest BCUT2D eigenvalue weighted by molar-refractivity contribution is -0.155. The number of hydrogen-bond donors (Lipinski definition) is 1. The number of aliphatic carboxylic acids is 1. The van der Waals surface area contributed by atoms with Gasteiger partial charge in [-0.3, -0.25) is 9.59 Å². The van der Waals surface area contributed by atoms with E-state index in [0.717, 1.165) is 16.0 Å². The molecule has 31 heavy (non-hydrogen) atoms. The Balaban J connectivity index is 1.62. The summed E-state index contributed by atoms with van der Waals surface area (Å²) >= 11 is 0. The summed E-state index contributed by atoms with van der Waals surface area (Å²) in [5.74, 6) is -2.78. The molecule has 0 spiro atoms. The Morgan fingerprint density at radius 2 is 1.84 bits per heavy atom. The van der Waals surface area contributed by atoms with E-state index in [1.54, 1.807) is 36.4 Å². The molecular weight excluding hydrogens is 400 g/mol. The monoisotopic (exact) mass is 420 g/mol. The molecule has 4 rings (SSSR count). The zero-order valence-electron chi connectivity index (χ0n) is 16.8. The van der Waals surface area contributed by atoms with Gasteiger partial charge >= 0.3 is 17.8 Å². The van der Waals surface area contributed by atoms with Crippen molar-refractivity contribution in [3.05, 3.63) is 66.0 Å². The van der Waals surface area contributed by atoms with Crippen LogP contribution in [-0.2, 0) is 20.8 Å². The van der Waals surface area contributed by atoms with Crippen LogP contribution in [0.3, 0.4) is 0 Å². The second-order valence-electron chi connectivity index (χ2n) is 7.25. The van der Waals surface area contributed by atoms with E-state index >= 15 is 0 Å². The van der Waals surface area contributed by atoms with Gasteiger partial charge in [-0.15, -0.1) is 5.10 Å². The Morgan fingerprint density at radius 3 is 2.52 bits per heavy atom. The molecule has 1 saturated heterocycles. The minimum absolute atomic E-state index is 0.0946. The van der Waals surface area contributed by atoms with E-state index in [1.807, 2.05) is 19.1 Å². The highest BCUT2D eigenvalue weighted by molar-refractivity contribution is 6.41. The minimum Gasteiger partial charge on any atom is -0.480 e. The highest BCUT2D eigenvalue weighted by Crippen LogP contribution is 2.28. The Hall–Kier alpha value is -4.08. The van der Waals surface area contributed by atoms with Crippen LogP contribution in [0.15, 0.2) is 54.9 Å². The van der Waals surface area contributed by atoms with Gasteiger partial charge in [0.05, 0.1) is 11.4 Å². The van der Waals surface area contributed by atoms with Crippen LogP contribution < -0.4 is 4.90 Å². The number of anilines is 1. The van der Waals surface area contributed by atoms with Crippen LogP contribution in [0, 0.1) is 6.92 Å². The van der Waals surface area contributed by atoms with Gasteiger partial charge in [-0.05, 0) is 40.6 Å². The summed E-state index contributed by atoms with van der Waals surface area (Å²) in [6, 6.07) is 13.3. The van der Waals surface area contributed by atoms with Crippen molar-refractivity contribution in [1.82, 2.24) is 25.1 Å². The van der Waals surface area contributed by atoms with Crippen molar-refractivity contribution in [2.24, 2.45) is 0 Å². The molecule has 10 heteroatoms. The fourth-order valence-electron chi connectivity index (χ4n) is 3.66. The molecule has 1 aliphatic heterocycles. The predicted molar refractivity (Wildman–Crippen MR) is 110 cm³/mol. The summed E-state index contributed by atoms with van der Waals surface area (Å²) in [6.45, 7) is 2.12. The van der Waals surface area contributed by atoms with Gasteiger partial charge in [0.2, 0.25) is 0 Å². The Morgan fingerprint density at radius 1 is 1.06 bits per heavy atom. The number of tetrazole rings is 1. The lowest BCUT2D eigenvalue weighted by Crippen LogP contribution is -2.59. The fraction of sp³-hybridized carbons (Fsp3) is 0.238. The molecule has 0 radical (unpaired) electrons. The summed E-state index contributed by atoms with van der Waals surface area (Å²) in [5, 5.41) is 20.9. The molecule has 2 heterocycles. The van der Waals surface area contributed by atoms with Gasteiger partial charge in [0, 0.05) is 19.5 Å². The van der Waals surface area contributed by atoms with Gasteiger partial charge in [0.15, 0.2) is 0 Å². The third kappa shape index (κ3) is 4.00. The van der Waals surface area contributed by atoms with Crippen LogP contribution >= 0.6 is 0 Å². The van der Waals surface area contributed by atoms with Crippen LogP contribution in [0.2, 0.25) is 0 Å². The SMILES string of the molecule is Cc1ccc(-n2cnnn2)c(N2CCN([C@@H](Cc3ccccc3)C(=O)O)C(=O)C2=O)c1. The molecule has 0 unspecified atom stereocenters. The van der Waals surface area contributed by atoms with Crippen molar-refractivity contribution >= 4 is 23.5 Å². The first-order valence-electron chi connectivity index (χ1n) is 9.69. The second kappa shape index (κ2) is 8.34. The number of carbonyl (C=O) groups excluding carboxylic acids is 2. The highest BCUT2D eigenvalue weighted by Gasteiger charge is 2.40. The molecule has 1 aromatic heterocycles. The van der Waals surface area contributed by atoms with E-state index in [9.17, 15) is 19.5 Å². The number of nitrogens with zero attached hydrogens (tertiary/aromatic N) is 6. The third-order valence-corrected chi connectivity index (χ3v) is 5.20. The molecule has 1 atom stereocenters. The number of rotatable bonds is 6. The van der Waals surface area contributed by atoms with Crippen molar-refractivity contribution < 1.29 is 19.5 Å². The summed E-state index contributed by atoms with van der Waals surface area (Å²) in [4.78, 5) is 40.4. The lowest BCUT2D eigenvalue weighted by Gasteiger charge is -2.37. The molecule has 3 aromatic rings. The van der Waals surface area contributed by atoms with E-state index in [4.69, 9.17) is 0 Å². The lowest BCUT2D eigenvalue weighted by atomic mass is 10.0. The topological polar surface area (TPSA) is 122 Å². The van der Waals surface area contributed by atoms with E-state index in [-0.39, 0.29) is 19.5 Å². The molecule has 0 aliphatic carbocycles. The first-order chi connectivity index (χ1) is 15.0. The number of carbonyl (C=O) groups is 3. The summed E-state index contributed by atoms with van der Waals surface area (Å²) in [7, 11) is 0. The average molecular weight is 420 g/mol. The molecule has 0 saturated carbocycles. The van der Waals surface area contributed by atoms with Crippen molar-refractivity contribution in [2.45, 2.75) is 19.4 Å². The van der Waals surface area contributed by atoms with Gasteiger partial charge in [-0.25, -0.2) is 4.79 Å². The highest BCUT2D eigenvalue weighted by atomic mass is 16.4. The maximum atomic E-state index is 13.0. The average Bonchev–Trinajstić information content (AvgIpc) is 3.29. The summed E-state index contributed by atoms with van der Waals surface area (Å²) < 4.78 is 1.41. The van der Waals surface area contributed by atoms with Gasteiger partial charge in [-0.1, -0.05) is 36.4 Å². The maximum absolute atomic E-state index is 13.0. The van der Waals surface area contributed by atoms with Crippen molar-refractivity contribution in [1.29, 1.82) is 0 Å². The van der Waals surface area contributed by atoms with Crippen LogP contribution in [0.5, 0.6) is 0 Å². The molecule has 1 fully saturated rings. The van der Waals surface area contributed by atoms with E-state index in [2.05, 4.69) is 15.5 Å². The van der Waals surface area contributed by atoms with Crippen molar-refractivity contribution in [2.75, 3.05) is 18.0 Å². The quantitative estimate of drug-likeness (QED) is 0.587. The van der Waals surface area contributed by atoms with E-state index < -0.39 is 23.8 Å². The van der Waals surface area contributed by atoms with Crippen LogP contribution in [0.25, 0.3) is 5.69 Å². The standard InChI is InChI=1S/C21H20N6O4/c1-14-7-8-16(27-13-22-23-24-27)17(11-14)25-9-10-26(20(29)19(25)28)18(21(30)31)12-15-5-3-2-4-6-15/h2-8,11,13,18H,9-10,12H2,1H3,(H,30,31)/t18-/m0/s1. The molecule has 2 aromatic carbocycles. The number of benzene rings is 2. The summed E-state index contributed by atoms with van der Waals surface area (Å²) in [5.41, 5.74) is 2.70. The largest absolute Gasteiger partial charge is 0.480 e. The van der Waals surface area contributed by atoms with Gasteiger partial charge in [-0.2, -0.15) is 4.68 Å². The molecule has 158 valence electrons. The number of piperazine rings is 1. The second-order valence-corrected chi connectivity index (χ2v) is 7.25. The zero-order chi connectivity index (χ0) is 22.0. The predicted octanol–water partition coefficient (Wildman–Crippen LogP) is 0.842. The minimum atomic E-state index is -1.15. The van der Waals surface area contributed by atoms with Gasteiger partial charge in [0.1, 0.15) is 12.4 Å². The smallest absolute Gasteiger partial charge is 0.326 e. The number of amides is 2. The van der Waals surface area contributed by atoms with Crippen molar-refractivity contribution in [3.8, 4) is 5.69 Å². The summed E-state index contributed by atoms with van der Waals surface area (Å²) in [6.07, 6.45) is 1.52. The number of aromatic nitrogens is 4. The van der Waals surface area contributed by atoms with Crippen LogP contribution in [0.1, 0.15) is 11.1 Å². The molecule has 1 N–H and O–H groups in total. The number of hydrogen-bond acceptors (Lipinski definition) is 6. The number of carboxylic acids is 1. The molecule has 2 amide bonds. The molecule has 1 aliphatic rings. The molecule has 0 bridgehead atoms. The maximum Gasteiger partial charge on any atom is 0.326 e. The van der Waals surface area contributed by atoms with Crippen LogP contribution in [-0.4, -0.2) is 67.1 Å². The number of aryl methyl sites for hydroxylation is 1. The Bertz CT molecular complexity index is 1120. The first kappa shape index (κ1) is 20.2. The van der Waals surface area contributed by atoms with Gasteiger partial charge < -0.3 is 14.9 Å². The van der Waals surface area contributed by atoms with Crippen molar-refractivity contribution in [3.63, 3.8) is 0 Å². The molecular formula is C21H20N6O4.